The number of carbonyl (C=O) groups excluding carboxylic acids is 2. The Hall–Kier alpha value is -2.66. The quantitative estimate of drug-likeness (QED) is 0.679. The lowest BCUT2D eigenvalue weighted by atomic mass is 9.56. The van der Waals surface area contributed by atoms with E-state index in [1.54, 1.807) is 6.92 Å². The van der Waals surface area contributed by atoms with E-state index in [1.807, 2.05) is 41.3 Å². The first-order valence-corrected chi connectivity index (χ1v) is 12.8. The molecule has 4 aliphatic rings. The molecule has 180 valence electrons. The van der Waals surface area contributed by atoms with Gasteiger partial charge in [-0.15, -0.1) is 0 Å². The van der Waals surface area contributed by atoms with Gasteiger partial charge in [-0.25, -0.2) is 0 Å². The molecule has 0 radical (unpaired) electrons. The number of benzene rings is 2. The molecule has 3 aliphatic heterocycles. The number of hydrogen-bond acceptors (Lipinski definition) is 3. The summed E-state index contributed by atoms with van der Waals surface area (Å²) in [5, 5.41) is 3.27. The van der Waals surface area contributed by atoms with Crippen LogP contribution >= 0.6 is 0 Å². The van der Waals surface area contributed by atoms with Gasteiger partial charge in [0, 0.05) is 45.1 Å². The van der Waals surface area contributed by atoms with Crippen molar-refractivity contribution in [2.75, 3.05) is 13.1 Å². The third-order valence-electron chi connectivity index (χ3n) is 8.40. The van der Waals surface area contributed by atoms with E-state index in [0.29, 0.717) is 30.8 Å². The average Bonchev–Trinajstić information content (AvgIpc) is 3.09. The maximum absolute atomic E-state index is 14.2. The number of nitrogens with zero attached hydrogens (tertiary/aromatic N) is 2. The van der Waals surface area contributed by atoms with E-state index < -0.39 is 5.54 Å². The Morgan fingerprint density at radius 3 is 2.26 bits per heavy atom. The molecule has 0 unspecified atom stereocenters. The lowest BCUT2D eigenvalue weighted by molar-refractivity contribution is -0.173. The smallest absolute Gasteiger partial charge is 0.248 e. The van der Waals surface area contributed by atoms with Crippen molar-refractivity contribution >= 4 is 11.8 Å². The van der Waals surface area contributed by atoms with Crippen LogP contribution < -0.4 is 5.32 Å². The van der Waals surface area contributed by atoms with Gasteiger partial charge < -0.3 is 10.2 Å². The van der Waals surface area contributed by atoms with Gasteiger partial charge in [0.15, 0.2) is 0 Å². The first-order valence-electron chi connectivity index (χ1n) is 12.8. The number of nitrogens with one attached hydrogen (secondary N) is 1. The van der Waals surface area contributed by atoms with Crippen LogP contribution in [0.2, 0.25) is 0 Å². The van der Waals surface area contributed by atoms with Crippen molar-refractivity contribution in [1.82, 2.24) is 15.1 Å². The van der Waals surface area contributed by atoms with Crippen LogP contribution in [-0.4, -0.2) is 46.3 Å². The second-order valence-electron chi connectivity index (χ2n) is 11.0. The summed E-state index contributed by atoms with van der Waals surface area (Å²) in [6.07, 6.45) is 2.12. The minimum atomic E-state index is -0.788. The van der Waals surface area contributed by atoms with E-state index in [-0.39, 0.29) is 23.8 Å². The largest absolute Gasteiger partial charge is 0.350 e. The first-order chi connectivity index (χ1) is 16.4. The molecule has 3 saturated heterocycles. The second kappa shape index (κ2) is 9.18. The summed E-state index contributed by atoms with van der Waals surface area (Å²) in [5.41, 5.74) is 1.56. The predicted molar refractivity (Wildman–Crippen MR) is 134 cm³/mol. The van der Waals surface area contributed by atoms with Gasteiger partial charge in [0.05, 0.1) is 0 Å². The molecule has 2 aromatic carbocycles. The highest BCUT2D eigenvalue weighted by Crippen LogP contribution is 2.58. The standard InChI is InChI=1S/C29H37N3O2/c1-20(2)14-26-24-15-25-19-31(17-23-12-8-5-9-13-23)27(26)29(25,32(18-24)21(3)33)28(34)30-16-22-10-6-4-7-11-22/h4-13,20,24-27H,14-19H2,1-3H3,(H,30,34)/t24-,25-,26+,27-,29-/m0/s1. The molecule has 2 aromatic rings. The van der Waals surface area contributed by atoms with Gasteiger partial charge in [0.1, 0.15) is 5.54 Å². The zero-order chi connectivity index (χ0) is 23.9. The van der Waals surface area contributed by atoms with Crippen LogP contribution in [0, 0.1) is 23.7 Å². The SMILES string of the molecule is CC(=O)N1C[C@@H]2C[C@H]3CN(Cc4ccccc4)[C@@H]([C@@H]2CC(C)C)[C@]31C(=O)NCc1ccccc1. The Balaban J connectivity index is 1.53. The van der Waals surface area contributed by atoms with Crippen molar-refractivity contribution in [2.45, 2.75) is 58.3 Å². The van der Waals surface area contributed by atoms with Crippen LogP contribution in [0.4, 0.5) is 0 Å². The van der Waals surface area contributed by atoms with E-state index in [0.717, 1.165) is 31.5 Å². The molecule has 0 aromatic heterocycles. The summed E-state index contributed by atoms with van der Waals surface area (Å²) < 4.78 is 0. The van der Waals surface area contributed by atoms with Crippen LogP contribution in [-0.2, 0) is 22.7 Å². The number of carbonyl (C=O) groups is 2. The molecule has 4 bridgehead atoms. The molecular formula is C29H37N3O2. The molecule has 5 atom stereocenters. The van der Waals surface area contributed by atoms with Gasteiger partial charge in [-0.05, 0) is 41.7 Å². The molecule has 1 aliphatic carbocycles. The lowest BCUT2D eigenvalue weighted by Crippen LogP contribution is -2.77. The Kier molecular flexibility index (Phi) is 6.24. The molecule has 1 N–H and O–H groups in total. The Bertz CT molecular complexity index is 1020. The number of piperidine rings is 2. The Morgan fingerprint density at radius 1 is 1.00 bits per heavy atom. The second-order valence-corrected chi connectivity index (χ2v) is 11.0. The fraction of sp³-hybridized carbons (Fsp3) is 0.517. The van der Waals surface area contributed by atoms with Gasteiger partial charge in [-0.3, -0.25) is 14.5 Å². The van der Waals surface area contributed by atoms with E-state index >= 15 is 0 Å². The maximum atomic E-state index is 14.2. The number of hydrogen-bond donors (Lipinski definition) is 1. The van der Waals surface area contributed by atoms with Gasteiger partial charge in [-0.2, -0.15) is 0 Å². The van der Waals surface area contributed by atoms with Gasteiger partial charge in [0.2, 0.25) is 11.8 Å². The van der Waals surface area contributed by atoms with Crippen molar-refractivity contribution in [3.63, 3.8) is 0 Å². The summed E-state index contributed by atoms with van der Waals surface area (Å²) in [5.74, 6) is 1.66. The molecule has 5 nitrogen and oxygen atoms in total. The van der Waals surface area contributed by atoms with E-state index in [2.05, 4.69) is 48.3 Å². The number of amides is 2. The molecule has 34 heavy (non-hydrogen) atoms. The van der Waals surface area contributed by atoms with Crippen molar-refractivity contribution in [3.05, 3.63) is 71.8 Å². The minimum absolute atomic E-state index is 0.0270. The van der Waals surface area contributed by atoms with Crippen LogP contribution in [0.3, 0.4) is 0 Å². The Morgan fingerprint density at radius 2 is 1.65 bits per heavy atom. The van der Waals surface area contributed by atoms with Gasteiger partial charge >= 0.3 is 0 Å². The molecule has 0 spiro atoms. The molecule has 3 heterocycles. The van der Waals surface area contributed by atoms with Crippen LogP contribution in [0.1, 0.15) is 44.7 Å². The summed E-state index contributed by atoms with van der Waals surface area (Å²) in [4.78, 5) is 31.7. The molecular weight excluding hydrogens is 422 g/mol. The monoisotopic (exact) mass is 459 g/mol. The van der Waals surface area contributed by atoms with E-state index in [4.69, 9.17) is 0 Å². The van der Waals surface area contributed by atoms with Crippen molar-refractivity contribution in [1.29, 1.82) is 0 Å². The van der Waals surface area contributed by atoms with Crippen molar-refractivity contribution in [2.24, 2.45) is 23.7 Å². The van der Waals surface area contributed by atoms with Gasteiger partial charge in [-0.1, -0.05) is 74.5 Å². The first kappa shape index (κ1) is 23.1. The molecule has 1 saturated carbocycles. The van der Waals surface area contributed by atoms with E-state index in [1.165, 1.54) is 5.56 Å². The fourth-order valence-corrected chi connectivity index (χ4v) is 7.28. The number of likely N-dealkylation sites (tertiary alicyclic amines) is 1. The predicted octanol–water partition coefficient (Wildman–Crippen LogP) is 4.09. The summed E-state index contributed by atoms with van der Waals surface area (Å²) in [7, 11) is 0. The summed E-state index contributed by atoms with van der Waals surface area (Å²) in [6.45, 7) is 9.09. The summed E-state index contributed by atoms with van der Waals surface area (Å²) >= 11 is 0. The molecule has 6 rings (SSSR count). The minimum Gasteiger partial charge on any atom is -0.350 e. The van der Waals surface area contributed by atoms with Gasteiger partial charge in [0.25, 0.3) is 0 Å². The number of fused-ring (bicyclic) bond motifs is 1. The topological polar surface area (TPSA) is 52.7 Å². The average molecular weight is 460 g/mol. The van der Waals surface area contributed by atoms with Crippen LogP contribution in [0.25, 0.3) is 0 Å². The third kappa shape index (κ3) is 3.84. The highest BCUT2D eigenvalue weighted by molar-refractivity contribution is 5.93. The highest BCUT2D eigenvalue weighted by Gasteiger charge is 2.71. The molecule has 5 heteroatoms. The van der Waals surface area contributed by atoms with Crippen molar-refractivity contribution < 1.29 is 9.59 Å². The maximum Gasteiger partial charge on any atom is 0.248 e. The zero-order valence-corrected chi connectivity index (χ0v) is 20.6. The highest BCUT2D eigenvalue weighted by atomic mass is 16.2. The van der Waals surface area contributed by atoms with E-state index in [9.17, 15) is 9.59 Å². The summed E-state index contributed by atoms with van der Waals surface area (Å²) in [6, 6.07) is 20.7. The number of rotatable bonds is 7. The van der Waals surface area contributed by atoms with Crippen LogP contribution in [0.5, 0.6) is 0 Å². The lowest BCUT2D eigenvalue weighted by Gasteiger charge is -2.61. The Labute approximate surface area is 203 Å². The molecule has 4 fully saturated rings. The zero-order valence-electron chi connectivity index (χ0n) is 20.6. The molecule has 2 amide bonds. The van der Waals surface area contributed by atoms with Crippen LogP contribution in [0.15, 0.2) is 60.7 Å². The van der Waals surface area contributed by atoms with Crippen molar-refractivity contribution in [3.8, 4) is 0 Å². The fourth-order valence-electron chi connectivity index (χ4n) is 7.28. The normalized spacial score (nSPS) is 30.1. The third-order valence-corrected chi connectivity index (χ3v) is 8.40.